The summed E-state index contributed by atoms with van der Waals surface area (Å²) >= 11 is 0. The molecule has 17 heavy (non-hydrogen) atoms. The van der Waals surface area contributed by atoms with Crippen molar-refractivity contribution in [1.29, 1.82) is 5.26 Å². The average molecular weight is 231 g/mol. The standard InChI is InChI=1S/C13H17N3O/c1-2-8-16-13(17)7-9-15-12-6-4-3-5-11(12)10-14/h3-6,15H,2,7-9H2,1H3,(H,16,17). The fourth-order valence-corrected chi connectivity index (χ4v) is 1.40. The summed E-state index contributed by atoms with van der Waals surface area (Å²) in [6.07, 6.45) is 1.36. The van der Waals surface area contributed by atoms with Crippen molar-refractivity contribution in [2.24, 2.45) is 0 Å². The van der Waals surface area contributed by atoms with Crippen LogP contribution in [0.1, 0.15) is 25.3 Å². The van der Waals surface area contributed by atoms with Crippen molar-refractivity contribution in [3.8, 4) is 6.07 Å². The van der Waals surface area contributed by atoms with Crippen molar-refractivity contribution in [3.05, 3.63) is 29.8 Å². The third kappa shape index (κ3) is 4.56. The van der Waals surface area contributed by atoms with Gasteiger partial charge < -0.3 is 10.6 Å². The molecule has 0 fully saturated rings. The first-order chi connectivity index (χ1) is 8.27. The fourth-order valence-electron chi connectivity index (χ4n) is 1.40. The molecule has 0 bridgehead atoms. The van der Waals surface area contributed by atoms with Crippen LogP contribution in [0.2, 0.25) is 0 Å². The molecule has 0 atom stereocenters. The number of hydrogen-bond acceptors (Lipinski definition) is 3. The van der Waals surface area contributed by atoms with E-state index in [4.69, 9.17) is 5.26 Å². The molecule has 90 valence electrons. The number of para-hydroxylation sites is 1. The SMILES string of the molecule is CCCNC(=O)CCNc1ccccc1C#N. The van der Waals surface area contributed by atoms with E-state index in [1.54, 1.807) is 6.07 Å². The van der Waals surface area contributed by atoms with Gasteiger partial charge in [-0.15, -0.1) is 0 Å². The summed E-state index contributed by atoms with van der Waals surface area (Å²) in [5.74, 6) is 0.0359. The maximum absolute atomic E-state index is 11.3. The predicted octanol–water partition coefficient (Wildman–Crippen LogP) is 1.89. The Morgan fingerprint density at radius 1 is 1.35 bits per heavy atom. The van der Waals surface area contributed by atoms with Crippen molar-refractivity contribution in [1.82, 2.24) is 5.32 Å². The van der Waals surface area contributed by atoms with E-state index in [1.165, 1.54) is 0 Å². The number of amides is 1. The topological polar surface area (TPSA) is 64.9 Å². The normalized spacial score (nSPS) is 9.41. The summed E-state index contributed by atoms with van der Waals surface area (Å²) in [4.78, 5) is 11.3. The van der Waals surface area contributed by atoms with Crippen molar-refractivity contribution >= 4 is 11.6 Å². The Hall–Kier alpha value is -2.02. The van der Waals surface area contributed by atoms with E-state index in [1.807, 2.05) is 25.1 Å². The minimum absolute atomic E-state index is 0.0359. The van der Waals surface area contributed by atoms with Crippen LogP contribution in [0.4, 0.5) is 5.69 Å². The predicted molar refractivity (Wildman–Crippen MR) is 67.6 cm³/mol. The molecule has 0 aromatic heterocycles. The van der Waals surface area contributed by atoms with E-state index < -0.39 is 0 Å². The summed E-state index contributed by atoms with van der Waals surface area (Å²) in [7, 11) is 0. The summed E-state index contributed by atoms with van der Waals surface area (Å²) in [5.41, 5.74) is 1.37. The van der Waals surface area contributed by atoms with Gasteiger partial charge in [0.2, 0.25) is 5.91 Å². The molecule has 1 amide bonds. The summed E-state index contributed by atoms with van der Waals surface area (Å²) in [6.45, 7) is 3.27. The average Bonchev–Trinajstić information content (AvgIpc) is 2.37. The van der Waals surface area contributed by atoms with Gasteiger partial charge in [0.05, 0.1) is 11.3 Å². The van der Waals surface area contributed by atoms with Crippen LogP contribution < -0.4 is 10.6 Å². The Balaban J connectivity index is 2.36. The maximum Gasteiger partial charge on any atom is 0.221 e. The summed E-state index contributed by atoms with van der Waals surface area (Å²) in [6, 6.07) is 9.37. The van der Waals surface area contributed by atoms with Crippen LogP contribution in [-0.4, -0.2) is 19.0 Å². The number of anilines is 1. The highest BCUT2D eigenvalue weighted by Gasteiger charge is 2.02. The molecule has 4 heteroatoms. The molecule has 0 radical (unpaired) electrons. The van der Waals surface area contributed by atoms with Gasteiger partial charge in [-0.25, -0.2) is 0 Å². The highest BCUT2D eigenvalue weighted by atomic mass is 16.1. The third-order valence-corrected chi connectivity index (χ3v) is 2.29. The van der Waals surface area contributed by atoms with Crippen LogP contribution in [0.3, 0.4) is 0 Å². The number of nitrogens with zero attached hydrogens (tertiary/aromatic N) is 1. The van der Waals surface area contributed by atoms with Crippen LogP contribution in [0, 0.1) is 11.3 Å². The molecule has 1 aromatic rings. The Morgan fingerprint density at radius 2 is 2.12 bits per heavy atom. The number of carbonyl (C=O) groups is 1. The number of nitriles is 1. The molecule has 0 spiro atoms. The summed E-state index contributed by atoms with van der Waals surface area (Å²) in [5, 5.41) is 14.8. The van der Waals surface area contributed by atoms with Crippen molar-refractivity contribution in [3.63, 3.8) is 0 Å². The highest BCUT2D eigenvalue weighted by molar-refractivity contribution is 5.76. The molecule has 1 rings (SSSR count). The van der Waals surface area contributed by atoms with Gasteiger partial charge in [0, 0.05) is 19.5 Å². The number of carbonyl (C=O) groups excluding carboxylic acids is 1. The number of nitrogens with one attached hydrogen (secondary N) is 2. The van der Waals surface area contributed by atoms with Crippen molar-refractivity contribution in [2.75, 3.05) is 18.4 Å². The molecule has 1 aromatic carbocycles. The van der Waals surface area contributed by atoms with E-state index in [0.29, 0.717) is 25.1 Å². The Labute approximate surface area is 102 Å². The molecule has 0 aliphatic heterocycles. The van der Waals surface area contributed by atoms with E-state index in [2.05, 4.69) is 16.7 Å². The lowest BCUT2D eigenvalue weighted by Crippen LogP contribution is -2.25. The van der Waals surface area contributed by atoms with Gasteiger partial charge >= 0.3 is 0 Å². The van der Waals surface area contributed by atoms with Crippen LogP contribution >= 0.6 is 0 Å². The van der Waals surface area contributed by atoms with E-state index in [9.17, 15) is 4.79 Å². The van der Waals surface area contributed by atoms with Gasteiger partial charge in [0.15, 0.2) is 0 Å². The molecule has 0 unspecified atom stereocenters. The lowest BCUT2D eigenvalue weighted by Gasteiger charge is -2.08. The first kappa shape index (κ1) is 13.0. The van der Waals surface area contributed by atoms with Crippen molar-refractivity contribution < 1.29 is 4.79 Å². The highest BCUT2D eigenvalue weighted by Crippen LogP contribution is 2.12. The van der Waals surface area contributed by atoms with Gasteiger partial charge in [0.25, 0.3) is 0 Å². The van der Waals surface area contributed by atoms with Crippen molar-refractivity contribution in [2.45, 2.75) is 19.8 Å². The molecule has 0 saturated carbocycles. The maximum atomic E-state index is 11.3. The molecular formula is C13H17N3O. The lowest BCUT2D eigenvalue weighted by atomic mass is 10.2. The zero-order valence-corrected chi connectivity index (χ0v) is 9.99. The monoisotopic (exact) mass is 231 g/mol. The van der Waals surface area contributed by atoms with Crippen LogP contribution in [0.25, 0.3) is 0 Å². The van der Waals surface area contributed by atoms with Gasteiger partial charge in [-0.2, -0.15) is 5.26 Å². The van der Waals surface area contributed by atoms with E-state index in [0.717, 1.165) is 12.1 Å². The Morgan fingerprint density at radius 3 is 2.82 bits per heavy atom. The summed E-state index contributed by atoms with van der Waals surface area (Å²) < 4.78 is 0. The number of rotatable bonds is 6. The van der Waals surface area contributed by atoms with Crippen LogP contribution in [-0.2, 0) is 4.79 Å². The molecule has 0 aliphatic carbocycles. The first-order valence-corrected chi connectivity index (χ1v) is 5.77. The molecular weight excluding hydrogens is 214 g/mol. The molecule has 0 saturated heterocycles. The third-order valence-electron chi connectivity index (χ3n) is 2.29. The van der Waals surface area contributed by atoms with Crippen LogP contribution in [0.15, 0.2) is 24.3 Å². The van der Waals surface area contributed by atoms with Crippen LogP contribution in [0.5, 0.6) is 0 Å². The fraction of sp³-hybridized carbons (Fsp3) is 0.385. The second-order valence-electron chi connectivity index (χ2n) is 3.68. The molecule has 4 nitrogen and oxygen atoms in total. The quantitative estimate of drug-likeness (QED) is 0.785. The van der Waals surface area contributed by atoms with Gasteiger partial charge in [-0.1, -0.05) is 19.1 Å². The van der Waals surface area contributed by atoms with E-state index in [-0.39, 0.29) is 5.91 Å². The minimum Gasteiger partial charge on any atom is -0.383 e. The lowest BCUT2D eigenvalue weighted by molar-refractivity contribution is -0.120. The Kier molecular flexibility index (Phi) is 5.59. The second kappa shape index (κ2) is 7.29. The smallest absolute Gasteiger partial charge is 0.221 e. The number of benzene rings is 1. The minimum atomic E-state index is 0.0359. The Bertz CT molecular complexity index is 409. The molecule has 0 aliphatic rings. The molecule has 2 N–H and O–H groups in total. The van der Waals surface area contributed by atoms with E-state index >= 15 is 0 Å². The zero-order chi connectivity index (χ0) is 12.5. The van der Waals surface area contributed by atoms with Gasteiger partial charge in [-0.05, 0) is 18.6 Å². The van der Waals surface area contributed by atoms with Gasteiger partial charge in [-0.3, -0.25) is 4.79 Å². The first-order valence-electron chi connectivity index (χ1n) is 5.77. The molecule has 0 heterocycles. The largest absolute Gasteiger partial charge is 0.383 e. The van der Waals surface area contributed by atoms with Gasteiger partial charge in [0.1, 0.15) is 6.07 Å². The second-order valence-corrected chi connectivity index (χ2v) is 3.68. The number of hydrogen-bond donors (Lipinski definition) is 2. The zero-order valence-electron chi connectivity index (χ0n) is 9.99.